The Morgan fingerprint density at radius 3 is 2.26 bits per heavy atom. The molecule has 0 spiro atoms. The fourth-order valence-electron chi connectivity index (χ4n) is 1.99. The molecule has 7 heteroatoms. The lowest BCUT2D eigenvalue weighted by molar-refractivity contribution is 0.0696. The van der Waals surface area contributed by atoms with Crippen molar-refractivity contribution in [2.75, 3.05) is 0 Å². The Kier molecular flexibility index (Phi) is 4.53. The first kappa shape index (κ1) is 17.1. The molecular weight excluding hydrogens is 316 g/mol. The Labute approximate surface area is 135 Å². The summed E-state index contributed by atoms with van der Waals surface area (Å²) in [7, 11) is -3.60. The minimum absolute atomic E-state index is 0.126. The van der Waals surface area contributed by atoms with Gasteiger partial charge in [-0.15, -0.1) is 0 Å². The largest absolute Gasteiger partial charge is 0.478 e. The summed E-state index contributed by atoms with van der Waals surface area (Å²) >= 11 is 0. The lowest BCUT2D eigenvalue weighted by Crippen LogP contribution is -2.40. The van der Waals surface area contributed by atoms with E-state index in [1.807, 2.05) is 0 Å². The topological polar surface area (TPSA) is 96.4 Å². The minimum Gasteiger partial charge on any atom is -0.478 e. The normalized spacial score (nSPS) is 12.1. The minimum atomic E-state index is -3.60. The number of carboxylic acids is 1. The standard InChI is InChI=1S/C16H18N2O4S/c1-16(2,3)18-23(21,22)13-6-4-11(5-7-13)14-10-12(15(19)20)8-9-17-14/h4-10,18H,1-3H3,(H,19,20). The first-order chi connectivity index (χ1) is 10.6. The van der Waals surface area contributed by atoms with Crippen LogP contribution in [0.5, 0.6) is 0 Å². The van der Waals surface area contributed by atoms with E-state index in [9.17, 15) is 13.2 Å². The maximum Gasteiger partial charge on any atom is 0.335 e. The Balaban J connectivity index is 2.33. The summed E-state index contributed by atoms with van der Waals surface area (Å²) in [5.41, 5.74) is 0.663. The first-order valence-electron chi connectivity index (χ1n) is 6.92. The van der Waals surface area contributed by atoms with Crippen LogP contribution in [0.2, 0.25) is 0 Å². The zero-order chi connectivity index (χ0) is 17.3. The van der Waals surface area contributed by atoms with Crippen molar-refractivity contribution < 1.29 is 18.3 Å². The summed E-state index contributed by atoms with van der Waals surface area (Å²) in [6.07, 6.45) is 1.41. The van der Waals surface area contributed by atoms with Gasteiger partial charge in [0.2, 0.25) is 10.0 Å². The van der Waals surface area contributed by atoms with Gasteiger partial charge in [-0.05, 0) is 45.0 Å². The van der Waals surface area contributed by atoms with Crippen molar-refractivity contribution in [2.45, 2.75) is 31.2 Å². The maximum absolute atomic E-state index is 12.2. The molecule has 1 heterocycles. The molecule has 0 saturated carbocycles. The van der Waals surface area contributed by atoms with Crippen LogP contribution in [-0.2, 0) is 10.0 Å². The van der Waals surface area contributed by atoms with E-state index in [1.165, 1.54) is 30.5 Å². The lowest BCUT2D eigenvalue weighted by atomic mass is 10.1. The number of nitrogens with one attached hydrogen (secondary N) is 1. The van der Waals surface area contributed by atoms with Crippen LogP contribution < -0.4 is 4.72 Å². The number of aromatic carboxylic acids is 1. The van der Waals surface area contributed by atoms with E-state index < -0.39 is 21.5 Å². The van der Waals surface area contributed by atoms with Crippen molar-refractivity contribution in [3.05, 3.63) is 48.2 Å². The number of rotatable bonds is 4. The molecule has 0 radical (unpaired) electrons. The molecule has 23 heavy (non-hydrogen) atoms. The molecule has 0 aliphatic heterocycles. The van der Waals surface area contributed by atoms with E-state index in [2.05, 4.69) is 9.71 Å². The lowest BCUT2D eigenvalue weighted by Gasteiger charge is -2.20. The van der Waals surface area contributed by atoms with Gasteiger partial charge >= 0.3 is 5.97 Å². The van der Waals surface area contributed by atoms with Crippen molar-refractivity contribution in [1.29, 1.82) is 0 Å². The Bertz CT molecular complexity index is 822. The number of benzene rings is 1. The molecule has 2 aromatic rings. The second-order valence-electron chi connectivity index (χ2n) is 6.11. The molecule has 0 atom stereocenters. The number of hydrogen-bond donors (Lipinski definition) is 2. The summed E-state index contributed by atoms with van der Waals surface area (Å²) in [6, 6.07) is 8.99. The molecule has 0 aliphatic carbocycles. The highest BCUT2D eigenvalue weighted by molar-refractivity contribution is 7.89. The molecular formula is C16H18N2O4S. The van der Waals surface area contributed by atoms with Crippen molar-refractivity contribution in [2.24, 2.45) is 0 Å². The zero-order valence-corrected chi connectivity index (χ0v) is 13.9. The second-order valence-corrected chi connectivity index (χ2v) is 7.80. The summed E-state index contributed by atoms with van der Waals surface area (Å²) < 4.78 is 27.0. The van der Waals surface area contributed by atoms with Crippen LogP contribution in [-0.4, -0.2) is 30.0 Å². The molecule has 1 aromatic carbocycles. The monoisotopic (exact) mass is 334 g/mol. The van der Waals surface area contributed by atoms with Gasteiger partial charge in [0.05, 0.1) is 16.2 Å². The van der Waals surface area contributed by atoms with Gasteiger partial charge in [0.1, 0.15) is 0 Å². The van der Waals surface area contributed by atoms with Gasteiger partial charge in [-0.25, -0.2) is 17.9 Å². The van der Waals surface area contributed by atoms with E-state index >= 15 is 0 Å². The number of hydrogen-bond acceptors (Lipinski definition) is 4. The van der Waals surface area contributed by atoms with Crippen LogP contribution in [0.3, 0.4) is 0 Å². The smallest absolute Gasteiger partial charge is 0.335 e. The third kappa shape index (κ3) is 4.37. The second kappa shape index (κ2) is 6.10. The third-order valence-corrected chi connectivity index (χ3v) is 4.68. The summed E-state index contributed by atoms with van der Waals surface area (Å²) in [5, 5.41) is 9.00. The van der Waals surface area contributed by atoms with Crippen LogP contribution in [0.4, 0.5) is 0 Å². The number of nitrogens with zero attached hydrogens (tertiary/aromatic N) is 1. The molecule has 0 amide bonds. The van der Waals surface area contributed by atoms with E-state index in [0.29, 0.717) is 11.3 Å². The number of carbonyl (C=O) groups is 1. The van der Waals surface area contributed by atoms with E-state index in [1.54, 1.807) is 32.9 Å². The van der Waals surface area contributed by atoms with Crippen LogP contribution in [0.1, 0.15) is 31.1 Å². The van der Waals surface area contributed by atoms with E-state index in [4.69, 9.17) is 5.11 Å². The molecule has 0 saturated heterocycles. The van der Waals surface area contributed by atoms with Gasteiger partial charge in [0.15, 0.2) is 0 Å². The Hall–Kier alpha value is -2.25. The third-order valence-electron chi connectivity index (χ3n) is 2.91. The summed E-state index contributed by atoms with van der Waals surface area (Å²) in [4.78, 5) is 15.2. The average Bonchev–Trinajstić information content (AvgIpc) is 2.45. The van der Waals surface area contributed by atoms with Gasteiger partial charge < -0.3 is 5.11 Å². The molecule has 0 fully saturated rings. The quantitative estimate of drug-likeness (QED) is 0.895. The molecule has 2 N–H and O–H groups in total. The highest BCUT2D eigenvalue weighted by Gasteiger charge is 2.21. The molecule has 1 aromatic heterocycles. The van der Waals surface area contributed by atoms with E-state index in [-0.39, 0.29) is 10.5 Å². The number of carboxylic acid groups (broad SMARTS) is 1. The van der Waals surface area contributed by atoms with Gasteiger partial charge in [-0.1, -0.05) is 12.1 Å². The van der Waals surface area contributed by atoms with Crippen LogP contribution in [0, 0.1) is 0 Å². The van der Waals surface area contributed by atoms with Gasteiger partial charge in [0, 0.05) is 17.3 Å². The maximum atomic E-state index is 12.2. The molecule has 6 nitrogen and oxygen atoms in total. The number of pyridine rings is 1. The predicted octanol–water partition coefficient (Wildman–Crippen LogP) is 2.52. The Morgan fingerprint density at radius 1 is 1.13 bits per heavy atom. The molecule has 0 bridgehead atoms. The first-order valence-corrected chi connectivity index (χ1v) is 8.41. The highest BCUT2D eigenvalue weighted by atomic mass is 32.2. The van der Waals surface area contributed by atoms with Crippen molar-refractivity contribution in [3.63, 3.8) is 0 Å². The van der Waals surface area contributed by atoms with Crippen LogP contribution >= 0.6 is 0 Å². The molecule has 2 rings (SSSR count). The Morgan fingerprint density at radius 2 is 1.74 bits per heavy atom. The van der Waals surface area contributed by atoms with Crippen LogP contribution in [0.15, 0.2) is 47.5 Å². The fourth-order valence-corrected chi connectivity index (χ4v) is 3.41. The number of aromatic nitrogens is 1. The van der Waals surface area contributed by atoms with Crippen LogP contribution in [0.25, 0.3) is 11.3 Å². The molecule has 0 unspecified atom stereocenters. The van der Waals surface area contributed by atoms with Gasteiger partial charge in [-0.3, -0.25) is 4.98 Å². The SMILES string of the molecule is CC(C)(C)NS(=O)(=O)c1ccc(-c2cc(C(=O)O)ccn2)cc1. The van der Waals surface area contributed by atoms with Crippen molar-refractivity contribution in [1.82, 2.24) is 9.71 Å². The molecule has 122 valence electrons. The summed E-state index contributed by atoms with van der Waals surface area (Å²) in [5.74, 6) is -1.04. The summed E-state index contributed by atoms with van der Waals surface area (Å²) in [6.45, 7) is 5.29. The predicted molar refractivity (Wildman–Crippen MR) is 86.7 cm³/mol. The molecule has 0 aliphatic rings. The fraction of sp³-hybridized carbons (Fsp3) is 0.250. The highest BCUT2D eigenvalue weighted by Crippen LogP contribution is 2.21. The zero-order valence-electron chi connectivity index (χ0n) is 13.1. The van der Waals surface area contributed by atoms with E-state index in [0.717, 1.165) is 0 Å². The van der Waals surface area contributed by atoms with Crippen molar-refractivity contribution in [3.8, 4) is 11.3 Å². The van der Waals surface area contributed by atoms with Gasteiger partial charge in [-0.2, -0.15) is 0 Å². The number of sulfonamides is 1. The van der Waals surface area contributed by atoms with Crippen molar-refractivity contribution >= 4 is 16.0 Å². The van der Waals surface area contributed by atoms with Gasteiger partial charge in [0.25, 0.3) is 0 Å². The average molecular weight is 334 g/mol.